The van der Waals surface area contributed by atoms with Crippen molar-refractivity contribution >= 4 is 39.3 Å². The van der Waals surface area contributed by atoms with Gasteiger partial charge in [-0.05, 0) is 12.1 Å². The van der Waals surface area contributed by atoms with Crippen LogP contribution in [0.25, 0.3) is 10.9 Å². The third-order valence-electron chi connectivity index (χ3n) is 3.67. The van der Waals surface area contributed by atoms with Gasteiger partial charge in [0.1, 0.15) is 16.8 Å². The zero-order chi connectivity index (χ0) is 15.9. The first-order chi connectivity index (χ1) is 10.5. The highest BCUT2D eigenvalue weighted by Crippen LogP contribution is 2.34. The molecule has 0 aliphatic carbocycles. The number of benzene rings is 1. The van der Waals surface area contributed by atoms with Crippen molar-refractivity contribution in [3.05, 3.63) is 39.1 Å². The van der Waals surface area contributed by atoms with Crippen molar-refractivity contribution in [1.29, 1.82) is 0 Å². The maximum atomic E-state index is 12.3. The van der Waals surface area contributed by atoms with E-state index in [1.165, 1.54) is 0 Å². The molecule has 3 rings (SSSR count). The smallest absolute Gasteiger partial charge is 0.189 e. The van der Waals surface area contributed by atoms with Crippen LogP contribution in [0.3, 0.4) is 0 Å². The van der Waals surface area contributed by atoms with Gasteiger partial charge in [-0.1, -0.05) is 25.4 Å². The highest BCUT2D eigenvalue weighted by molar-refractivity contribution is 8.14. The number of aromatic nitrogens is 1. The van der Waals surface area contributed by atoms with Crippen molar-refractivity contribution in [1.82, 2.24) is 4.98 Å². The summed E-state index contributed by atoms with van der Waals surface area (Å²) in [6.45, 7) is 4.25. The van der Waals surface area contributed by atoms with Crippen molar-refractivity contribution in [3.8, 4) is 5.75 Å². The maximum absolute atomic E-state index is 12.3. The van der Waals surface area contributed by atoms with E-state index in [9.17, 15) is 4.79 Å². The zero-order valence-electron chi connectivity index (χ0n) is 12.6. The summed E-state index contributed by atoms with van der Waals surface area (Å²) < 4.78 is 5.22. The van der Waals surface area contributed by atoms with Crippen LogP contribution in [0.15, 0.2) is 28.0 Å². The monoisotopic (exact) mass is 336 g/mol. The second-order valence-electron chi connectivity index (χ2n) is 5.54. The lowest BCUT2D eigenvalue weighted by molar-refractivity contribution is 0.415. The number of nitrogens with one attached hydrogen (secondary N) is 1. The molecule has 0 bridgehead atoms. The standard InChI is InChI=1S/C16H17ClN2O2S/c1-8(2)16-19-11(7-22-16)10-6-12(20)9-4-5-13(21-3)14(17)15(9)18-10/h4-6,8,11H,7H2,1-3H3,(H,18,20). The van der Waals surface area contributed by atoms with Crippen LogP contribution in [0.1, 0.15) is 25.6 Å². The van der Waals surface area contributed by atoms with Crippen LogP contribution in [0.4, 0.5) is 0 Å². The second kappa shape index (κ2) is 5.97. The molecule has 116 valence electrons. The van der Waals surface area contributed by atoms with E-state index in [1.54, 1.807) is 37.1 Å². The SMILES string of the molecule is COc1ccc2c(=O)cc(C3CSC(C(C)C)=N3)[nH]c2c1Cl. The molecule has 4 nitrogen and oxygen atoms in total. The predicted octanol–water partition coefficient (Wildman–Crippen LogP) is 4.03. The van der Waals surface area contributed by atoms with Crippen LogP contribution in [0, 0.1) is 5.92 Å². The van der Waals surface area contributed by atoms with Crippen LogP contribution >= 0.6 is 23.4 Å². The predicted molar refractivity (Wildman–Crippen MR) is 93.6 cm³/mol. The fourth-order valence-corrected chi connectivity index (χ4v) is 3.90. The molecule has 1 aromatic heterocycles. The fourth-order valence-electron chi connectivity index (χ4n) is 2.49. The number of fused-ring (bicyclic) bond motifs is 1. The average molecular weight is 337 g/mol. The van der Waals surface area contributed by atoms with E-state index < -0.39 is 0 Å². The van der Waals surface area contributed by atoms with E-state index in [2.05, 4.69) is 18.8 Å². The number of pyridine rings is 1. The second-order valence-corrected chi connectivity index (χ2v) is 6.96. The average Bonchev–Trinajstić information content (AvgIpc) is 2.98. The molecule has 0 fully saturated rings. The number of aliphatic imine (C=N–C) groups is 1. The molecule has 6 heteroatoms. The van der Waals surface area contributed by atoms with Crippen molar-refractivity contribution < 1.29 is 4.74 Å². The van der Waals surface area contributed by atoms with Crippen LogP contribution in [0.2, 0.25) is 5.02 Å². The van der Waals surface area contributed by atoms with Gasteiger partial charge < -0.3 is 9.72 Å². The molecule has 0 saturated heterocycles. The van der Waals surface area contributed by atoms with E-state index in [-0.39, 0.29) is 11.5 Å². The Hall–Kier alpha value is -1.46. The molecule has 1 aromatic carbocycles. The summed E-state index contributed by atoms with van der Waals surface area (Å²) in [5, 5.41) is 2.12. The lowest BCUT2D eigenvalue weighted by Gasteiger charge is -2.11. The van der Waals surface area contributed by atoms with Gasteiger partial charge in [0.2, 0.25) is 0 Å². The molecule has 1 N–H and O–H groups in total. The van der Waals surface area contributed by atoms with Gasteiger partial charge >= 0.3 is 0 Å². The minimum absolute atomic E-state index is 0.0261. The van der Waals surface area contributed by atoms with Gasteiger partial charge in [-0.3, -0.25) is 9.79 Å². The van der Waals surface area contributed by atoms with Gasteiger partial charge in [-0.25, -0.2) is 0 Å². The molecule has 0 saturated carbocycles. The number of ether oxygens (including phenoxy) is 1. The molecule has 0 amide bonds. The number of halogens is 1. The number of rotatable bonds is 3. The number of hydrogen-bond donors (Lipinski definition) is 1. The largest absolute Gasteiger partial charge is 0.495 e. The summed E-state index contributed by atoms with van der Waals surface area (Å²) >= 11 is 8.08. The van der Waals surface area contributed by atoms with E-state index in [0.717, 1.165) is 16.5 Å². The minimum Gasteiger partial charge on any atom is -0.495 e. The highest BCUT2D eigenvalue weighted by atomic mass is 35.5. The molecular weight excluding hydrogens is 320 g/mol. The van der Waals surface area contributed by atoms with Crippen molar-refractivity contribution in [2.75, 3.05) is 12.9 Å². The minimum atomic E-state index is -0.0495. The van der Waals surface area contributed by atoms with Gasteiger partial charge in [0.05, 0.1) is 17.7 Å². The van der Waals surface area contributed by atoms with E-state index in [1.807, 2.05) is 0 Å². The first-order valence-electron chi connectivity index (χ1n) is 7.11. The van der Waals surface area contributed by atoms with Gasteiger partial charge in [-0.15, -0.1) is 11.8 Å². The Morgan fingerprint density at radius 3 is 2.86 bits per heavy atom. The number of thioether (sulfide) groups is 1. The highest BCUT2D eigenvalue weighted by Gasteiger charge is 2.23. The van der Waals surface area contributed by atoms with Crippen LogP contribution < -0.4 is 10.2 Å². The molecule has 0 radical (unpaired) electrons. The normalized spacial score (nSPS) is 18.0. The van der Waals surface area contributed by atoms with Crippen molar-refractivity contribution in [2.24, 2.45) is 10.9 Å². The molecule has 2 heterocycles. The number of hydrogen-bond acceptors (Lipinski definition) is 4. The first-order valence-corrected chi connectivity index (χ1v) is 8.47. The molecular formula is C16H17ClN2O2S. The maximum Gasteiger partial charge on any atom is 0.189 e. The van der Waals surface area contributed by atoms with E-state index in [0.29, 0.717) is 27.6 Å². The number of methoxy groups -OCH3 is 1. The summed E-state index contributed by atoms with van der Waals surface area (Å²) in [7, 11) is 1.56. The molecule has 2 aromatic rings. The summed E-state index contributed by atoms with van der Waals surface area (Å²) in [5.74, 6) is 1.80. The van der Waals surface area contributed by atoms with Gasteiger partial charge in [-0.2, -0.15) is 0 Å². The van der Waals surface area contributed by atoms with Crippen LogP contribution in [0.5, 0.6) is 5.75 Å². The summed E-state index contributed by atoms with van der Waals surface area (Å²) in [5.41, 5.74) is 1.36. The zero-order valence-corrected chi connectivity index (χ0v) is 14.2. The molecule has 1 unspecified atom stereocenters. The first kappa shape index (κ1) is 15.4. The molecule has 1 atom stereocenters. The Morgan fingerprint density at radius 2 is 2.23 bits per heavy atom. The van der Waals surface area contributed by atoms with Crippen molar-refractivity contribution in [3.63, 3.8) is 0 Å². The molecule has 22 heavy (non-hydrogen) atoms. The number of aromatic amines is 1. The third-order valence-corrected chi connectivity index (χ3v) is 5.40. The Kier molecular flexibility index (Phi) is 4.19. The summed E-state index contributed by atoms with van der Waals surface area (Å²) in [6.07, 6.45) is 0. The molecule has 1 aliphatic rings. The lowest BCUT2D eigenvalue weighted by Crippen LogP contribution is -2.09. The van der Waals surface area contributed by atoms with Gasteiger partial charge in [0, 0.05) is 28.8 Å². The van der Waals surface area contributed by atoms with Gasteiger partial charge in [0.25, 0.3) is 0 Å². The number of nitrogens with zero attached hydrogens (tertiary/aromatic N) is 1. The summed E-state index contributed by atoms with van der Waals surface area (Å²) in [6, 6.07) is 5.04. The quantitative estimate of drug-likeness (QED) is 0.920. The fraction of sp³-hybridized carbons (Fsp3) is 0.375. The molecule has 0 spiro atoms. The molecule has 1 aliphatic heterocycles. The van der Waals surface area contributed by atoms with Crippen LogP contribution in [-0.4, -0.2) is 22.9 Å². The third kappa shape index (κ3) is 2.63. The summed E-state index contributed by atoms with van der Waals surface area (Å²) in [4.78, 5) is 20.3. The van der Waals surface area contributed by atoms with E-state index in [4.69, 9.17) is 21.3 Å². The van der Waals surface area contributed by atoms with Crippen LogP contribution in [-0.2, 0) is 0 Å². The Morgan fingerprint density at radius 1 is 1.45 bits per heavy atom. The van der Waals surface area contributed by atoms with E-state index >= 15 is 0 Å². The number of H-pyrrole nitrogens is 1. The van der Waals surface area contributed by atoms with Gasteiger partial charge in [0.15, 0.2) is 5.43 Å². The lowest BCUT2D eigenvalue weighted by atomic mass is 10.1. The topological polar surface area (TPSA) is 54.4 Å². The Bertz CT molecular complexity index is 814. The Labute approximate surface area is 137 Å². The van der Waals surface area contributed by atoms with Crippen molar-refractivity contribution in [2.45, 2.75) is 19.9 Å². The Balaban J connectivity index is 2.13.